The molecular weight excluding hydrogens is 162 g/mol. The zero-order valence-electron chi connectivity index (χ0n) is 7.03. The fourth-order valence-electron chi connectivity index (χ4n) is 1.73. The maximum atomic E-state index is 5.43. The van der Waals surface area contributed by atoms with Crippen molar-refractivity contribution in [2.45, 2.75) is 6.42 Å². The first kappa shape index (κ1) is 6.89. The Balaban J connectivity index is 2.49. The van der Waals surface area contributed by atoms with Gasteiger partial charge in [0.2, 0.25) is 0 Å². The molecule has 0 aliphatic carbocycles. The third-order valence-corrected chi connectivity index (χ3v) is 2.33. The van der Waals surface area contributed by atoms with Gasteiger partial charge in [0.05, 0.1) is 5.52 Å². The van der Waals surface area contributed by atoms with E-state index in [0.29, 0.717) is 0 Å². The molecule has 2 nitrogen and oxygen atoms in total. The van der Waals surface area contributed by atoms with E-state index >= 15 is 0 Å². The number of benzene rings is 1. The van der Waals surface area contributed by atoms with Gasteiger partial charge in [0.15, 0.2) is 0 Å². The van der Waals surface area contributed by atoms with Gasteiger partial charge in [-0.15, -0.1) is 0 Å². The van der Waals surface area contributed by atoms with Crippen LogP contribution in [0.1, 0.15) is 5.56 Å². The smallest absolute Gasteiger partial charge is 0.140 e. The second kappa shape index (κ2) is 2.46. The summed E-state index contributed by atoms with van der Waals surface area (Å²) in [7, 11) is 0. The first-order valence-electron chi connectivity index (χ1n) is 4.30. The van der Waals surface area contributed by atoms with E-state index in [1.54, 1.807) is 0 Å². The van der Waals surface area contributed by atoms with Crippen LogP contribution in [-0.2, 0) is 6.42 Å². The van der Waals surface area contributed by atoms with Gasteiger partial charge < -0.3 is 4.74 Å². The van der Waals surface area contributed by atoms with E-state index in [-0.39, 0.29) is 0 Å². The Bertz CT molecular complexity index is 426. The fraction of sp³-hybridized carbons (Fsp3) is 0.0909. The number of hydrogen-bond acceptors (Lipinski definition) is 2. The van der Waals surface area contributed by atoms with Crippen LogP contribution in [0.2, 0.25) is 0 Å². The molecule has 2 heterocycles. The second-order valence-corrected chi connectivity index (χ2v) is 3.11. The van der Waals surface area contributed by atoms with E-state index in [0.717, 1.165) is 23.1 Å². The van der Waals surface area contributed by atoms with Crippen LogP contribution < -0.4 is 4.74 Å². The third-order valence-electron chi connectivity index (χ3n) is 2.33. The van der Waals surface area contributed by atoms with E-state index in [1.807, 2.05) is 37.1 Å². The van der Waals surface area contributed by atoms with Crippen molar-refractivity contribution >= 4 is 10.9 Å². The first-order valence-corrected chi connectivity index (χ1v) is 4.30. The quantitative estimate of drug-likeness (QED) is 0.605. The molecule has 0 N–H and O–H groups in total. The molecule has 1 aliphatic heterocycles. The summed E-state index contributed by atoms with van der Waals surface area (Å²) in [4.78, 5) is 4.29. The summed E-state index contributed by atoms with van der Waals surface area (Å²) in [5.74, 6) is 0.923. The van der Waals surface area contributed by atoms with Crippen molar-refractivity contribution in [2.24, 2.45) is 0 Å². The van der Waals surface area contributed by atoms with Crippen molar-refractivity contribution in [3.05, 3.63) is 42.6 Å². The summed E-state index contributed by atoms with van der Waals surface area (Å²) in [5, 5.41) is 1.16. The molecule has 0 atom stereocenters. The van der Waals surface area contributed by atoms with Crippen LogP contribution in [0.25, 0.3) is 10.9 Å². The van der Waals surface area contributed by atoms with Gasteiger partial charge in [0, 0.05) is 18.0 Å². The molecule has 0 fully saturated rings. The van der Waals surface area contributed by atoms with Gasteiger partial charge in [0.1, 0.15) is 12.4 Å². The van der Waals surface area contributed by atoms with E-state index in [1.165, 1.54) is 5.56 Å². The van der Waals surface area contributed by atoms with Crippen LogP contribution in [0.4, 0.5) is 0 Å². The van der Waals surface area contributed by atoms with Crippen molar-refractivity contribution in [3.8, 4) is 5.75 Å². The van der Waals surface area contributed by atoms with E-state index in [4.69, 9.17) is 4.74 Å². The fourth-order valence-corrected chi connectivity index (χ4v) is 1.73. The largest absolute Gasteiger partial charge is 0.485 e. The number of hydrogen-bond donors (Lipinski definition) is 0. The SMILES string of the molecule is [CH]1Cc2ccnc3cccc(c23)O1. The number of nitrogens with zero attached hydrogens (tertiary/aromatic N) is 1. The standard InChI is InChI=1S/C11H8NO/c1-2-9-11-8(4-6-12-9)5-7-13-10(11)3-1/h1-4,6-7H,5H2. The molecule has 0 bridgehead atoms. The summed E-state index contributed by atoms with van der Waals surface area (Å²) < 4.78 is 5.43. The lowest BCUT2D eigenvalue weighted by molar-refractivity contribution is 0.398. The summed E-state index contributed by atoms with van der Waals surface area (Å²) in [5.41, 5.74) is 2.31. The van der Waals surface area contributed by atoms with Crippen LogP contribution in [-0.4, -0.2) is 4.98 Å². The highest BCUT2D eigenvalue weighted by Gasteiger charge is 2.12. The lowest BCUT2D eigenvalue weighted by atomic mass is 10.0. The highest BCUT2D eigenvalue weighted by Crippen LogP contribution is 2.31. The molecule has 2 heteroatoms. The maximum absolute atomic E-state index is 5.43. The molecule has 1 aromatic carbocycles. The van der Waals surface area contributed by atoms with Crippen molar-refractivity contribution in [1.29, 1.82) is 0 Å². The summed E-state index contributed by atoms with van der Waals surface area (Å²) in [6.45, 7) is 1.83. The summed E-state index contributed by atoms with van der Waals surface area (Å²) >= 11 is 0. The molecule has 1 aliphatic rings. The van der Waals surface area contributed by atoms with Gasteiger partial charge in [-0.1, -0.05) is 6.07 Å². The van der Waals surface area contributed by atoms with E-state index in [2.05, 4.69) is 4.98 Å². The molecule has 0 unspecified atom stereocenters. The minimum absolute atomic E-state index is 0.871. The second-order valence-electron chi connectivity index (χ2n) is 3.11. The Morgan fingerprint density at radius 2 is 2.23 bits per heavy atom. The highest BCUT2D eigenvalue weighted by molar-refractivity contribution is 5.89. The first-order chi connectivity index (χ1) is 6.45. The minimum Gasteiger partial charge on any atom is -0.485 e. The van der Waals surface area contributed by atoms with Crippen LogP contribution in [0.15, 0.2) is 30.5 Å². The zero-order valence-corrected chi connectivity index (χ0v) is 7.03. The normalized spacial score (nSPS) is 14.2. The number of pyridine rings is 1. The number of rotatable bonds is 0. The maximum Gasteiger partial charge on any atom is 0.140 e. The average molecular weight is 170 g/mol. The Morgan fingerprint density at radius 3 is 3.23 bits per heavy atom. The van der Waals surface area contributed by atoms with Gasteiger partial charge in [-0.25, -0.2) is 0 Å². The molecule has 1 aromatic heterocycles. The average Bonchev–Trinajstić information content (AvgIpc) is 2.19. The lowest BCUT2D eigenvalue weighted by Gasteiger charge is -2.16. The van der Waals surface area contributed by atoms with Crippen molar-refractivity contribution in [2.75, 3.05) is 0 Å². The minimum atomic E-state index is 0.871. The number of ether oxygens (including phenoxy) is 1. The van der Waals surface area contributed by atoms with Crippen molar-refractivity contribution in [3.63, 3.8) is 0 Å². The van der Waals surface area contributed by atoms with Crippen molar-refractivity contribution < 1.29 is 4.74 Å². The molecule has 0 saturated carbocycles. The molecule has 0 saturated heterocycles. The Hall–Kier alpha value is -1.57. The molecule has 0 spiro atoms. The summed E-state index contributed by atoms with van der Waals surface area (Å²) in [6, 6.07) is 8.00. The predicted molar refractivity (Wildman–Crippen MR) is 50.4 cm³/mol. The van der Waals surface area contributed by atoms with Crippen molar-refractivity contribution in [1.82, 2.24) is 4.98 Å². The molecular formula is C11H8NO. The van der Waals surface area contributed by atoms with Gasteiger partial charge >= 0.3 is 0 Å². The molecule has 0 amide bonds. The number of aromatic nitrogens is 1. The van der Waals surface area contributed by atoms with Gasteiger partial charge in [-0.3, -0.25) is 4.98 Å². The topological polar surface area (TPSA) is 22.1 Å². The van der Waals surface area contributed by atoms with Crippen LogP contribution in [0, 0.1) is 6.61 Å². The van der Waals surface area contributed by atoms with Gasteiger partial charge in [-0.2, -0.15) is 0 Å². The monoisotopic (exact) mass is 170 g/mol. The van der Waals surface area contributed by atoms with Gasteiger partial charge in [-0.05, 0) is 23.8 Å². The van der Waals surface area contributed by atoms with E-state index < -0.39 is 0 Å². The molecule has 63 valence electrons. The van der Waals surface area contributed by atoms with Crippen LogP contribution in [0.5, 0.6) is 5.75 Å². The van der Waals surface area contributed by atoms with E-state index in [9.17, 15) is 0 Å². The molecule has 1 radical (unpaired) electrons. The van der Waals surface area contributed by atoms with Crippen LogP contribution >= 0.6 is 0 Å². The Kier molecular flexibility index (Phi) is 1.30. The highest BCUT2D eigenvalue weighted by atomic mass is 16.5. The van der Waals surface area contributed by atoms with Crippen LogP contribution in [0.3, 0.4) is 0 Å². The molecule has 13 heavy (non-hydrogen) atoms. The molecule has 2 aromatic rings. The summed E-state index contributed by atoms with van der Waals surface area (Å²) in [6.07, 6.45) is 2.72. The zero-order chi connectivity index (χ0) is 8.67. The molecule has 3 rings (SSSR count). The Labute approximate surface area is 76.2 Å². The third kappa shape index (κ3) is 0.917. The Morgan fingerprint density at radius 1 is 1.23 bits per heavy atom. The van der Waals surface area contributed by atoms with Gasteiger partial charge in [0.25, 0.3) is 0 Å². The lowest BCUT2D eigenvalue weighted by Crippen LogP contribution is -2.03. The predicted octanol–water partition coefficient (Wildman–Crippen LogP) is 2.33.